The molecule has 0 saturated carbocycles. The molecule has 2 amide bonds. The van der Waals surface area contributed by atoms with Crippen molar-refractivity contribution < 1.29 is 14.3 Å². The Morgan fingerprint density at radius 1 is 1.17 bits per heavy atom. The number of thiazole rings is 1. The molecule has 1 saturated heterocycles. The minimum Gasteiger partial charge on any atom is -0.497 e. The zero-order valence-corrected chi connectivity index (χ0v) is 17.7. The average molecular weight is 422 g/mol. The Labute approximate surface area is 179 Å². The quantitative estimate of drug-likeness (QED) is 0.654. The maximum atomic E-state index is 13.2. The van der Waals surface area contributed by atoms with Crippen LogP contribution in [0.25, 0.3) is 0 Å². The third-order valence-corrected chi connectivity index (χ3v) is 6.05. The number of rotatable bonds is 5. The number of amides is 2. The smallest absolute Gasteiger partial charge is 0.231 e. The number of methoxy groups -OCH3 is 1. The Kier molecular flexibility index (Phi) is 5.81. The van der Waals surface area contributed by atoms with Crippen LogP contribution in [0.1, 0.15) is 30.0 Å². The predicted octanol–water partition coefficient (Wildman–Crippen LogP) is 4.58. The van der Waals surface area contributed by atoms with Gasteiger partial charge in [0.15, 0.2) is 5.13 Å². The van der Waals surface area contributed by atoms with Crippen LogP contribution in [0.5, 0.6) is 5.75 Å². The summed E-state index contributed by atoms with van der Waals surface area (Å²) in [5.41, 5.74) is 2.80. The Morgan fingerprint density at radius 3 is 2.53 bits per heavy atom. The van der Waals surface area contributed by atoms with E-state index in [9.17, 15) is 9.59 Å². The Balaban J connectivity index is 1.74. The molecule has 1 fully saturated rings. The third kappa shape index (κ3) is 4.07. The number of aryl methyl sites for hydroxylation is 1. The van der Waals surface area contributed by atoms with Gasteiger partial charge in [-0.05, 0) is 43.2 Å². The minimum atomic E-state index is -0.417. The van der Waals surface area contributed by atoms with E-state index in [-0.39, 0.29) is 11.8 Å². The summed E-state index contributed by atoms with van der Waals surface area (Å²) in [5, 5.41) is 5.30. The number of nitrogens with zero attached hydrogens (tertiary/aromatic N) is 2. The SMILES string of the molecule is COc1ccc([C@@H]2[C@H](C(=O)Nc3nccs3)CCC(=O)N2c2ccc(C)cc2)cc1. The number of hydrogen-bond donors (Lipinski definition) is 1. The lowest BCUT2D eigenvalue weighted by molar-refractivity contribution is -0.125. The number of nitrogens with one attached hydrogen (secondary N) is 1. The van der Waals surface area contributed by atoms with Crippen LogP contribution in [0.3, 0.4) is 0 Å². The average Bonchev–Trinajstić information content (AvgIpc) is 3.27. The van der Waals surface area contributed by atoms with Crippen LogP contribution < -0.4 is 15.0 Å². The first-order chi connectivity index (χ1) is 14.6. The molecule has 1 aliphatic heterocycles. The van der Waals surface area contributed by atoms with Gasteiger partial charge in [-0.3, -0.25) is 9.59 Å². The minimum absolute atomic E-state index is 0.0120. The number of anilines is 2. The van der Waals surface area contributed by atoms with Gasteiger partial charge >= 0.3 is 0 Å². The normalized spacial score (nSPS) is 18.9. The van der Waals surface area contributed by atoms with Gasteiger partial charge in [-0.15, -0.1) is 11.3 Å². The van der Waals surface area contributed by atoms with Crippen LogP contribution in [-0.2, 0) is 9.59 Å². The highest BCUT2D eigenvalue weighted by atomic mass is 32.1. The molecule has 0 spiro atoms. The summed E-state index contributed by atoms with van der Waals surface area (Å²) in [6.07, 6.45) is 2.45. The molecule has 2 heterocycles. The summed E-state index contributed by atoms with van der Waals surface area (Å²) in [7, 11) is 1.61. The van der Waals surface area contributed by atoms with E-state index in [1.165, 1.54) is 11.3 Å². The van der Waals surface area contributed by atoms with E-state index < -0.39 is 12.0 Å². The van der Waals surface area contributed by atoms with Gasteiger partial charge < -0.3 is 15.0 Å². The lowest BCUT2D eigenvalue weighted by atomic mass is 9.83. The summed E-state index contributed by atoms with van der Waals surface area (Å²) < 4.78 is 5.28. The lowest BCUT2D eigenvalue weighted by Gasteiger charge is -2.40. The third-order valence-electron chi connectivity index (χ3n) is 5.37. The molecular formula is C23H23N3O3S. The molecule has 7 heteroatoms. The molecule has 1 N–H and O–H groups in total. The number of carbonyl (C=O) groups excluding carboxylic acids is 2. The maximum Gasteiger partial charge on any atom is 0.231 e. The second-order valence-corrected chi connectivity index (χ2v) is 8.18. The fourth-order valence-electron chi connectivity index (χ4n) is 3.84. The first-order valence-electron chi connectivity index (χ1n) is 9.80. The summed E-state index contributed by atoms with van der Waals surface area (Å²) in [5.74, 6) is 0.209. The standard InChI is InChI=1S/C23H23N3O3S/c1-15-3-7-17(8-4-15)26-20(27)12-11-19(22(28)25-23-24-13-14-30-23)21(26)16-5-9-18(29-2)10-6-16/h3-10,13-14,19,21H,11-12H2,1-2H3,(H,24,25,28)/t19-,21-/m1/s1. The summed E-state index contributed by atoms with van der Waals surface area (Å²) in [6.45, 7) is 2.01. The molecule has 0 unspecified atom stereocenters. The van der Waals surface area contributed by atoms with Crippen molar-refractivity contribution in [2.45, 2.75) is 25.8 Å². The molecule has 154 valence electrons. The van der Waals surface area contributed by atoms with Gasteiger partial charge in [-0.25, -0.2) is 4.98 Å². The molecule has 2 atom stereocenters. The Hall–Kier alpha value is -3.19. The zero-order valence-electron chi connectivity index (χ0n) is 16.9. The number of piperidine rings is 1. The molecule has 0 radical (unpaired) electrons. The zero-order chi connectivity index (χ0) is 21.1. The van der Waals surface area contributed by atoms with Crippen LogP contribution in [0.2, 0.25) is 0 Å². The van der Waals surface area contributed by atoms with Crippen LogP contribution in [-0.4, -0.2) is 23.9 Å². The first kappa shape index (κ1) is 20.1. The topological polar surface area (TPSA) is 71.5 Å². The van der Waals surface area contributed by atoms with Crippen molar-refractivity contribution in [1.82, 2.24) is 4.98 Å². The molecular weight excluding hydrogens is 398 g/mol. The van der Waals surface area contributed by atoms with Crippen molar-refractivity contribution >= 4 is 34.0 Å². The van der Waals surface area contributed by atoms with Crippen LogP contribution in [0.4, 0.5) is 10.8 Å². The molecule has 2 aromatic carbocycles. The molecule has 0 bridgehead atoms. The van der Waals surface area contributed by atoms with Gasteiger partial charge in [0.1, 0.15) is 5.75 Å². The van der Waals surface area contributed by atoms with Gasteiger partial charge in [0, 0.05) is 23.7 Å². The number of hydrogen-bond acceptors (Lipinski definition) is 5. The number of ether oxygens (including phenoxy) is 1. The van der Waals surface area contributed by atoms with Gasteiger partial charge in [-0.2, -0.15) is 0 Å². The van der Waals surface area contributed by atoms with Crippen molar-refractivity contribution in [3.63, 3.8) is 0 Å². The maximum absolute atomic E-state index is 13.2. The van der Waals surface area contributed by atoms with Crippen LogP contribution in [0.15, 0.2) is 60.1 Å². The van der Waals surface area contributed by atoms with Gasteiger partial charge in [0.25, 0.3) is 0 Å². The summed E-state index contributed by atoms with van der Waals surface area (Å²) in [4.78, 5) is 32.2. The first-order valence-corrected chi connectivity index (χ1v) is 10.7. The molecule has 0 aliphatic carbocycles. The number of aromatic nitrogens is 1. The fraction of sp³-hybridized carbons (Fsp3) is 0.261. The van der Waals surface area contributed by atoms with Gasteiger partial charge in [0.2, 0.25) is 11.8 Å². The second kappa shape index (κ2) is 8.67. The Morgan fingerprint density at radius 2 is 1.90 bits per heavy atom. The van der Waals surface area contributed by atoms with Gasteiger partial charge in [0.05, 0.1) is 19.1 Å². The van der Waals surface area contributed by atoms with Crippen LogP contribution >= 0.6 is 11.3 Å². The van der Waals surface area contributed by atoms with Crippen LogP contribution in [0, 0.1) is 12.8 Å². The van der Waals surface area contributed by atoms with Crippen molar-refractivity contribution in [1.29, 1.82) is 0 Å². The second-order valence-electron chi connectivity index (χ2n) is 7.29. The largest absolute Gasteiger partial charge is 0.497 e. The highest BCUT2D eigenvalue weighted by Crippen LogP contribution is 2.41. The number of benzene rings is 2. The van der Waals surface area contributed by atoms with Crippen molar-refractivity contribution in [3.8, 4) is 5.75 Å². The van der Waals surface area contributed by atoms with Crippen molar-refractivity contribution in [3.05, 3.63) is 71.2 Å². The molecule has 6 nitrogen and oxygen atoms in total. The molecule has 30 heavy (non-hydrogen) atoms. The van der Waals surface area contributed by atoms with E-state index in [0.29, 0.717) is 18.0 Å². The molecule has 1 aromatic heterocycles. The summed E-state index contributed by atoms with van der Waals surface area (Å²) in [6, 6.07) is 15.0. The van der Waals surface area contributed by atoms with E-state index in [1.54, 1.807) is 18.2 Å². The highest BCUT2D eigenvalue weighted by molar-refractivity contribution is 7.13. The Bertz CT molecular complexity index is 1020. The molecule has 1 aliphatic rings. The van der Waals surface area contributed by atoms with E-state index in [4.69, 9.17) is 4.74 Å². The van der Waals surface area contributed by atoms with E-state index in [2.05, 4.69) is 10.3 Å². The van der Waals surface area contributed by atoms with E-state index >= 15 is 0 Å². The van der Waals surface area contributed by atoms with E-state index in [0.717, 1.165) is 22.6 Å². The van der Waals surface area contributed by atoms with Crippen molar-refractivity contribution in [2.75, 3.05) is 17.3 Å². The summed E-state index contributed by atoms with van der Waals surface area (Å²) >= 11 is 1.38. The predicted molar refractivity (Wildman–Crippen MR) is 118 cm³/mol. The molecule has 3 aromatic rings. The van der Waals surface area contributed by atoms with E-state index in [1.807, 2.05) is 60.8 Å². The fourth-order valence-corrected chi connectivity index (χ4v) is 4.37. The number of carbonyl (C=O) groups is 2. The molecule has 4 rings (SSSR count). The van der Waals surface area contributed by atoms with Gasteiger partial charge in [-0.1, -0.05) is 29.8 Å². The monoisotopic (exact) mass is 421 g/mol. The van der Waals surface area contributed by atoms with Crippen molar-refractivity contribution in [2.24, 2.45) is 5.92 Å². The highest BCUT2D eigenvalue weighted by Gasteiger charge is 2.41. The lowest BCUT2D eigenvalue weighted by Crippen LogP contribution is -2.46.